The van der Waals surface area contributed by atoms with Crippen LogP contribution < -0.4 is 11.1 Å². The molecule has 0 radical (unpaired) electrons. The normalized spacial score (nSPS) is 45.1. The number of carbonyl (C=O) groups is 1. The van der Waals surface area contributed by atoms with Gasteiger partial charge in [-0.25, -0.2) is 0 Å². The van der Waals surface area contributed by atoms with Crippen molar-refractivity contribution < 1.29 is 22.9 Å². The molecule has 5 N–H and O–H groups in total. The minimum absolute atomic E-state index is 0.0420. The van der Waals surface area contributed by atoms with Crippen molar-refractivity contribution in [2.24, 2.45) is 52.1 Å². The van der Waals surface area contributed by atoms with E-state index in [0.29, 0.717) is 29.6 Å². The third-order valence-electron chi connectivity index (χ3n) is 11.0. The lowest BCUT2D eigenvalue weighted by Gasteiger charge is -2.62. The van der Waals surface area contributed by atoms with E-state index in [0.717, 1.165) is 44.9 Å². The Morgan fingerprint density at radius 3 is 2.46 bits per heavy atom. The first-order valence-electron chi connectivity index (χ1n) is 13.6. The second-order valence-electron chi connectivity index (χ2n) is 12.9. The summed E-state index contributed by atoms with van der Waals surface area (Å²) in [6.45, 7) is 6.85. The van der Waals surface area contributed by atoms with Crippen LogP contribution in [0.3, 0.4) is 0 Å². The molecule has 7 nitrogen and oxygen atoms in total. The number of rotatable bonds is 7. The second-order valence-corrected chi connectivity index (χ2v) is 15.0. The maximum Gasteiger partial charge on any atom is 0.266 e. The van der Waals surface area contributed by atoms with Crippen molar-refractivity contribution >= 4 is 28.7 Å². The predicted molar refractivity (Wildman–Crippen MR) is 141 cm³/mol. The standard InChI is InChI=1S/C26H46N2O5S2/c1-15(12-22(30)28-10-11-35(31,32)33)24(34)20-5-4-18-23-19(7-9-26(18,20)3)25(2)8-6-17(27)13-16(25)14-21(23)29/h15-21,23-24,29,34H,4-14,27H2,1-3H3,(H,28,30)(H,31,32,33)/t15?,16?,17-,18?,19?,20?,21?,23?,24-,25?,26?/m1/s1. The number of hydrogen-bond acceptors (Lipinski definition) is 6. The van der Waals surface area contributed by atoms with Crippen LogP contribution in [0.15, 0.2) is 0 Å². The van der Waals surface area contributed by atoms with Crippen molar-refractivity contribution in [3.63, 3.8) is 0 Å². The monoisotopic (exact) mass is 530 g/mol. The van der Waals surface area contributed by atoms with E-state index >= 15 is 0 Å². The molecule has 4 rings (SSSR count). The Morgan fingerprint density at radius 2 is 1.77 bits per heavy atom. The molecule has 4 aliphatic rings. The van der Waals surface area contributed by atoms with Gasteiger partial charge in [0.1, 0.15) is 0 Å². The van der Waals surface area contributed by atoms with Crippen LogP contribution in [0.25, 0.3) is 0 Å². The van der Waals surface area contributed by atoms with Gasteiger partial charge < -0.3 is 16.2 Å². The Bertz CT molecular complexity index is 900. The molecule has 0 spiro atoms. The average Bonchev–Trinajstić information content (AvgIpc) is 3.10. The van der Waals surface area contributed by atoms with Gasteiger partial charge in [-0.2, -0.15) is 21.0 Å². The van der Waals surface area contributed by atoms with Gasteiger partial charge in [-0.15, -0.1) is 0 Å². The molecule has 0 aromatic heterocycles. The predicted octanol–water partition coefficient (Wildman–Crippen LogP) is 3.27. The second kappa shape index (κ2) is 10.1. The van der Waals surface area contributed by atoms with Crippen LogP contribution in [0.4, 0.5) is 0 Å². The van der Waals surface area contributed by atoms with Crippen molar-refractivity contribution in [1.82, 2.24) is 5.32 Å². The first-order valence-corrected chi connectivity index (χ1v) is 15.7. The highest BCUT2D eigenvalue weighted by molar-refractivity contribution is 7.85. The fraction of sp³-hybridized carbons (Fsp3) is 0.962. The van der Waals surface area contributed by atoms with Gasteiger partial charge in [0.2, 0.25) is 5.91 Å². The van der Waals surface area contributed by atoms with E-state index < -0.39 is 15.9 Å². The fourth-order valence-corrected chi connectivity index (χ4v) is 10.0. The summed E-state index contributed by atoms with van der Waals surface area (Å²) in [6, 6.07) is 0.276. The van der Waals surface area contributed by atoms with Crippen LogP contribution in [-0.2, 0) is 14.9 Å². The smallest absolute Gasteiger partial charge is 0.266 e. The zero-order chi connectivity index (χ0) is 25.8. The van der Waals surface area contributed by atoms with Crippen LogP contribution in [0.2, 0.25) is 0 Å². The number of hydrogen-bond donors (Lipinski definition) is 5. The lowest BCUT2D eigenvalue weighted by Crippen LogP contribution is -2.59. The third kappa shape index (κ3) is 5.31. The molecule has 4 saturated carbocycles. The van der Waals surface area contributed by atoms with E-state index in [9.17, 15) is 18.3 Å². The van der Waals surface area contributed by atoms with E-state index in [1.54, 1.807) is 0 Å². The number of amides is 1. The summed E-state index contributed by atoms with van der Waals surface area (Å²) in [4.78, 5) is 12.4. The minimum Gasteiger partial charge on any atom is -0.393 e. The number of aliphatic hydroxyl groups excluding tert-OH is 1. The molecule has 9 unspecified atom stereocenters. The lowest BCUT2D eigenvalue weighted by molar-refractivity contribution is -0.164. The van der Waals surface area contributed by atoms with Crippen LogP contribution in [0.1, 0.15) is 78.6 Å². The summed E-state index contributed by atoms with van der Waals surface area (Å²) in [5, 5.41) is 14.1. The van der Waals surface area contributed by atoms with Crippen LogP contribution in [-0.4, -0.2) is 53.7 Å². The summed E-state index contributed by atoms with van der Waals surface area (Å²) in [7, 11) is -4.08. The summed E-state index contributed by atoms with van der Waals surface area (Å²) < 4.78 is 30.6. The number of nitrogens with two attached hydrogens (primary N) is 1. The molecule has 0 aliphatic heterocycles. The maximum atomic E-state index is 12.4. The summed E-state index contributed by atoms with van der Waals surface area (Å²) in [5.41, 5.74) is 6.72. The van der Waals surface area contributed by atoms with Gasteiger partial charge in [-0.05, 0) is 97.7 Å². The van der Waals surface area contributed by atoms with E-state index in [1.165, 1.54) is 6.42 Å². The Hall–Kier alpha value is -0.350. The van der Waals surface area contributed by atoms with E-state index in [-0.39, 0.29) is 53.0 Å². The molecule has 1 amide bonds. The van der Waals surface area contributed by atoms with Crippen molar-refractivity contribution in [2.75, 3.05) is 12.3 Å². The van der Waals surface area contributed by atoms with Crippen LogP contribution in [0.5, 0.6) is 0 Å². The Balaban J connectivity index is 1.42. The van der Waals surface area contributed by atoms with E-state index in [1.807, 2.05) is 0 Å². The number of carbonyl (C=O) groups excluding carboxylic acids is 1. The summed E-state index contributed by atoms with van der Waals surface area (Å²) in [5.74, 6) is 1.66. The maximum absolute atomic E-state index is 12.4. The van der Waals surface area contributed by atoms with E-state index in [2.05, 4.69) is 26.1 Å². The molecule has 0 saturated heterocycles. The lowest BCUT2D eigenvalue weighted by atomic mass is 9.43. The highest BCUT2D eigenvalue weighted by Gasteiger charge is 2.63. The highest BCUT2D eigenvalue weighted by Crippen LogP contribution is 2.68. The Morgan fingerprint density at radius 1 is 1.11 bits per heavy atom. The van der Waals surface area contributed by atoms with Crippen molar-refractivity contribution in [3.8, 4) is 0 Å². The van der Waals surface area contributed by atoms with Gasteiger partial charge in [-0.3, -0.25) is 9.35 Å². The SMILES string of the molecule is CC(CC(=O)NCCS(=O)(=O)O)[C@@H](S)C1CCC2C3C(O)CC4C[C@H](N)CCC4(C)C3CCC21C. The van der Waals surface area contributed by atoms with E-state index in [4.69, 9.17) is 22.9 Å². The fourth-order valence-electron chi connectivity index (χ4n) is 9.06. The molecule has 0 aromatic carbocycles. The van der Waals surface area contributed by atoms with Crippen molar-refractivity contribution in [3.05, 3.63) is 0 Å². The Kier molecular flexibility index (Phi) is 7.97. The molecule has 35 heavy (non-hydrogen) atoms. The summed E-state index contributed by atoms with van der Waals surface area (Å²) >= 11 is 5.05. The van der Waals surface area contributed by atoms with Crippen molar-refractivity contribution in [1.29, 1.82) is 0 Å². The van der Waals surface area contributed by atoms with Crippen LogP contribution in [0, 0.1) is 46.3 Å². The number of thiol groups is 1. The topological polar surface area (TPSA) is 130 Å². The largest absolute Gasteiger partial charge is 0.393 e. The molecule has 0 aromatic rings. The van der Waals surface area contributed by atoms with Gasteiger partial charge in [0.05, 0.1) is 11.9 Å². The molecule has 4 fully saturated rings. The first kappa shape index (κ1) is 27.7. The number of nitrogens with one attached hydrogen (secondary N) is 1. The number of fused-ring (bicyclic) bond motifs is 5. The van der Waals surface area contributed by atoms with Gasteiger partial charge >= 0.3 is 0 Å². The molecule has 11 atom stereocenters. The van der Waals surface area contributed by atoms with Crippen LogP contribution >= 0.6 is 12.6 Å². The molecule has 0 bridgehead atoms. The average molecular weight is 531 g/mol. The summed E-state index contributed by atoms with van der Waals surface area (Å²) in [6.07, 6.45) is 8.72. The molecule has 4 aliphatic carbocycles. The molecule has 0 heterocycles. The van der Waals surface area contributed by atoms with Gasteiger partial charge in [-0.1, -0.05) is 20.8 Å². The zero-order valence-corrected chi connectivity index (χ0v) is 23.2. The first-order chi connectivity index (χ1) is 16.3. The quantitative estimate of drug-likeness (QED) is 0.254. The molecular formula is C26H46N2O5S2. The Labute approximate surface area is 216 Å². The molecule has 9 heteroatoms. The molecule has 202 valence electrons. The van der Waals surface area contributed by atoms with Crippen molar-refractivity contribution in [2.45, 2.75) is 96.0 Å². The minimum atomic E-state index is -4.08. The van der Waals surface area contributed by atoms with Gasteiger partial charge in [0, 0.05) is 24.3 Å². The number of aliphatic hydroxyl groups is 1. The van der Waals surface area contributed by atoms with Gasteiger partial charge in [0.15, 0.2) is 0 Å². The molecular weight excluding hydrogens is 484 g/mol. The third-order valence-corrected chi connectivity index (χ3v) is 12.6. The van der Waals surface area contributed by atoms with Gasteiger partial charge in [0.25, 0.3) is 10.1 Å². The zero-order valence-electron chi connectivity index (χ0n) is 21.5. The highest BCUT2D eigenvalue weighted by atomic mass is 32.2.